The molecule has 1 aromatic carbocycles. The van der Waals surface area contributed by atoms with Crippen LogP contribution in [0.3, 0.4) is 0 Å². The molecule has 1 N–H and O–H groups in total. The Morgan fingerprint density at radius 3 is 2.64 bits per heavy atom. The maximum atomic E-state index is 11.9. The fourth-order valence-corrected chi connectivity index (χ4v) is 2.46. The highest BCUT2D eigenvalue weighted by Crippen LogP contribution is 2.17. The van der Waals surface area contributed by atoms with Crippen LogP contribution in [0.15, 0.2) is 47.4 Å². The Bertz CT molecular complexity index is 789. The molecule has 1 amide bonds. The van der Waals surface area contributed by atoms with E-state index in [0.717, 1.165) is 0 Å². The van der Waals surface area contributed by atoms with Crippen molar-refractivity contribution in [3.8, 4) is 11.8 Å². The molecule has 0 radical (unpaired) electrons. The zero-order chi connectivity index (χ0) is 18.1. The van der Waals surface area contributed by atoms with Crippen molar-refractivity contribution in [3.05, 3.63) is 57.8 Å². The molecule has 0 bridgehead atoms. The molecule has 0 aliphatic heterocycles. The minimum Gasteiger partial charge on any atom is -0.422 e. The number of rotatable bonds is 7. The van der Waals surface area contributed by atoms with Crippen molar-refractivity contribution in [2.75, 3.05) is 20.3 Å². The van der Waals surface area contributed by atoms with E-state index >= 15 is 0 Å². The maximum absolute atomic E-state index is 11.9. The van der Waals surface area contributed by atoms with Gasteiger partial charge in [0.1, 0.15) is 22.3 Å². The van der Waals surface area contributed by atoms with Crippen molar-refractivity contribution >= 4 is 29.3 Å². The summed E-state index contributed by atoms with van der Waals surface area (Å²) in [7, 11) is 1.53. The van der Waals surface area contributed by atoms with Gasteiger partial charge in [-0.2, -0.15) is 5.26 Å². The number of amides is 1. The summed E-state index contributed by atoms with van der Waals surface area (Å²) in [4.78, 5) is 24.3. The molecule has 0 unspecified atom stereocenters. The number of carbonyl (C=O) groups is 2. The monoisotopic (exact) mass is 356 g/mol. The predicted octanol–water partition coefficient (Wildman–Crippen LogP) is 2.64. The molecule has 0 aliphatic rings. The second-order valence-electron chi connectivity index (χ2n) is 4.85. The van der Waals surface area contributed by atoms with Gasteiger partial charge in [-0.15, -0.1) is 11.3 Å². The topological polar surface area (TPSA) is 88.4 Å². The number of nitrogens with one attached hydrogen (secondary N) is 1. The van der Waals surface area contributed by atoms with Crippen molar-refractivity contribution in [2.45, 2.75) is 0 Å². The van der Waals surface area contributed by atoms with Crippen molar-refractivity contribution in [1.82, 2.24) is 5.32 Å². The highest BCUT2D eigenvalue weighted by atomic mass is 32.1. The smallest absolute Gasteiger partial charge is 0.353 e. The summed E-state index contributed by atoms with van der Waals surface area (Å²) in [5, 5.41) is 13.5. The molecule has 0 atom stereocenters. The van der Waals surface area contributed by atoms with Crippen LogP contribution in [-0.4, -0.2) is 32.1 Å². The van der Waals surface area contributed by atoms with Gasteiger partial charge in [0.25, 0.3) is 5.91 Å². The van der Waals surface area contributed by atoms with Crippen LogP contribution >= 0.6 is 11.3 Å². The molecule has 25 heavy (non-hydrogen) atoms. The summed E-state index contributed by atoms with van der Waals surface area (Å²) in [6.45, 7) is 0.695. The molecular formula is C18H16N2O4S. The molecule has 0 spiro atoms. The van der Waals surface area contributed by atoms with Crippen LogP contribution in [0.5, 0.6) is 5.75 Å². The van der Waals surface area contributed by atoms with Crippen molar-refractivity contribution in [2.24, 2.45) is 0 Å². The third-order valence-corrected chi connectivity index (χ3v) is 3.93. The summed E-state index contributed by atoms with van der Waals surface area (Å²) in [5.41, 5.74) is 0.633. The van der Waals surface area contributed by atoms with E-state index in [-0.39, 0.29) is 5.57 Å². The number of nitrogens with zero attached hydrogens (tertiary/aromatic N) is 1. The minimum atomic E-state index is -0.465. The van der Waals surface area contributed by atoms with Crippen molar-refractivity contribution < 1.29 is 19.1 Å². The first-order valence-corrected chi connectivity index (χ1v) is 8.26. The third-order valence-electron chi connectivity index (χ3n) is 3.08. The Labute approximate surface area is 149 Å². The lowest BCUT2D eigenvalue weighted by Gasteiger charge is -2.04. The number of carbonyl (C=O) groups excluding carboxylic acids is 2. The molecule has 1 heterocycles. The van der Waals surface area contributed by atoms with Gasteiger partial charge < -0.3 is 14.8 Å². The Morgan fingerprint density at radius 1 is 1.28 bits per heavy atom. The summed E-state index contributed by atoms with van der Waals surface area (Å²) in [6.07, 6.45) is 1.47. The number of nitriles is 1. The second kappa shape index (κ2) is 9.37. The summed E-state index contributed by atoms with van der Waals surface area (Å²) >= 11 is 1.30. The van der Waals surface area contributed by atoms with Crippen LogP contribution in [0.2, 0.25) is 0 Å². The van der Waals surface area contributed by atoms with Gasteiger partial charge in [0.05, 0.1) is 6.61 Å². The molecule has 2 rings (SSSR count). The number of ether oxygens (including phenoxy) is 2. The predicted molar refractivity (Wildman–Crippen MR) is 94.2 cm³/mol. The number of esters is 1. The van der Waals surface area contributed by atoms with Gasteiger partial charge in [-0.1, -0.05) is 18.2 Å². The molecular weight excluding hydrogens is 340 g/mol. The van der Waals surface area contributed by atoms with Gasteiger partial charge in [0.2, 0.25) is 0 Å². The average molecular weight is 356 g/mol. The SMILES string of the molecule is COCCNC(=O)/C(C#N)=C/c1ccc(OC(=O)c2cccs2)cc1. The van der Waals surface area contributed by atoms with Crippen LogP contribution in [0, 0.1) is 11.3 Å². The number of methoxy groups -OCH3 is 1. The first kappa shape index (κ1) is 18.4. The Kier molecular flexibility index (Phi) is 6.89. The van der Waals surface area contributed by atoms with E-state index < -0.39 is 11.9 Å². The van der Waals surface area contributed by atoms with E-state index in [2.05, 4.69) is 5.32 Å². The van der Waals surface area contributed by atoms with Gasteiger partial charge in [-0.25, -0.2) is 4.79 Å². The number of hydrogen-bond acceptors (Lipinski definition) is 6. The van der Waals surface area contributed by atoms with E-state index in [0.29, 0.717) is 29.3 Å². The second-order valence-corrected chi connectivity index (χ2v) is 5.80. The van der Waals surface area contributed by atoms with Crippen molar-refractivity contribution in [1.29, 1.82) is 5.26 Å². The van der Waals surface area contributed by atoms with E-state index in [1.54, 1.807) is 41.8 Å². The van der Waals surface area contributed by atoms with E-state index in [4.69, 9.17) is 14.7 Å². The molecule has 128 valence electrons. The lowest BCUT2D eigenvalue weighted by molar-refractivity contribution is -0.117. The fraction of sp³-hybridized carbons (Fsp3) is 0.167. The standard InChI is InChI=1S/C18H16N2O4S/c1-23-9-8-20-17(21)14(12-19)11-13-4-6-15(7-5-13)24-18(22)16-3-2-10-25-16/h2-7,10-11H,8-9H2,1H3,(H,20,21)/b14-11+. The molecule has 0 saturated heterocycles. The Morgan fingerprint density at radius 2 is 2.04 bits per heavy atom. The van der Waals surface area contributed by atoms with E-state index in [9.17, 15) is 9.59 Å². The molecule has 1 aromatic heterocycles. The zero-order valence-corrected chi connectivity index (χ0v) is 14.3. The lowest BCUT2D eigenvalue weighted by atomic mass is 10.1. The van der Waals surface area contributed by atoms with Crippen LogP contribution < -0.4 is 10.1 Å². The van der Waals surface area contributed by atoms with Gasteiger partial charge in [-0.05, 0) is 35.2 Å². The molecule has 6 nitrogen and oxygen atoms in total. The third kappa shape index (κ3) is 5.57. The molecule has 0 saturated carbocycles. The average Bonchev–Trinajstić information content (AvgIpc) is 3.16. The highest BCUT2D eigenvalue weighted by molar-refractivity contribution is 7.12. The van der Waals surface area contributed by atoms with Crippen LogP contribution in [0.25, 0.3) is 6.08 Å². The number of hydrogen-bond donors (Lipinski definition) is 1. The Balaban J connectivity index is 2.01. The number of thiophene rings is 1. The van der Waals surface area contributed by atoms with Gasteiger partial charge in [0.15, 0.2) is 0 Å². The van der Waals surface area contributed by atoms with E-state index in [1.165, 1.54) is 24.5 Å². The first-order chi connectivity index (χ1) is 12.1. The fourth-order valence-electron chi connectivity index (χ4n) is 1.86. The van der Waals surface area contributed by atoms with Crippen LogP contribution in [-0.2, 0) is 9.53 Å². The van der Waals surface area contributed by atoms with Gasteiger partial charge in [0, 0.05) is 13.7 Å². The minimum absolute atomic E-state index is 0.0144. The Hall–Kier alpha value is -2.95. The maximum Gasteiger partial charge on any atom is 0.353 e. The molecule has 7 heteroatoms. The quantitative estimate of drug-likeness (QED) is 0.271. The largest absolute Gasteiger partial charge is 0.422 e. The van der Waals surface area contributed by atoms with Crippen molar-refractivity contribution in [3.63, 3.8) is 0 Å². The first-order valence-electron chi connectivity index (χ1n) is 7.38. The number of benzene rings is 1. The van der Waals surface area contributed by atoms with Crippen LogP contribution in [0.4, 0.5) is 0 Å². The highest BCUT2D eigenvalue weighted by Gasteiger charge is 2.10. The van der Waals surface area contributed by atoms with E-state index in [1.807, 2.05) is 6.07 Å². The normalized spacial score (nSPS) is 10.8. The van der Waals surface area contributed by atoms with Gasteiger partial charge >= 0.3 is 5.97 Å². The summed E-state index contributed by atoms with van der Waals surface area (Å²) in [5.74, 6) is -0.500. The lowest BCUT2D eigenvalue weighted by Crippen LogP contribution is -2.27. The summed E-state index contributed by atoms with van der Waals surface area (Å²) < 4.78 is 10.1. The molecule has 0 aliphatic carbocycles. The molecule has 2 aromatic rings. The summed E-state index contributed by atoms with van der Waals surface area (Å²) in [6, 6.07) is 11.9. The molecule has 0 fully saturated rings. The van der Waals surface area contributed by atoms with Crippen LogP contribution in [0.1, 0.15) is 15.2 Å². The van der Waals surface area contributed by atoms with Gasteiger partial charge in [-0.3, -0.25) is 4.79 Å². The zero-order valence-electron chi connectivity index (χ0n) is 13.5.